The molecule has 0 bridgehead atoms. The zero-order valence-electron chi connectivity index (χ0n) is 11.4. The molecule has 1 heterocycles. The van der Waals surface area contributed by atoms with Crippen molar-refractivity contribution < 1.29 is 0 Å². The van der Waals surface area contributed by atoms with E-state index in [1.807, 2.05) is 0 Å². The van der Waals surface area contributed by atoms with Crippen LogP contribution in [0, 0.1) is 0 Å². The van der Waals surface area contributed by atoms with E-state index in [-0.39, 0.29) is 5.54 Å². The molecule has 1 fully saturated rings. The highest BCUT2D eigenvalue weighted by molar-refractivity contribution is 5.29. The summed E-state index contributed by atoms with van der Waals surface area (Å²) in [5.41, 5.74) is 3.07. The van der Waals surface area contributed by atoms with Crippen LogP contribution in [0.2, 0.25) is 0 Å². The van der Waals surface area contributed by atoms with Crippen molar-refractivity contribution in [1.29, 1.82) is 0 Å². The van der Waals surface area contributed by atoms with Gasteiger partial charge in [-0.3, -0.25) is 0 Å². The van der Waals surface area contributed by atoms with Crippen LogP contribution in [0.15, 0.2) is 24.3 Å². The van der Waals surface area contributed by atoms with E-state index in [9.17, 15) is 0 Å². The Morgan fingerprint density at radius 3 is 2.41 bits per heavy atom. The average molecular weight is 231 g/mol. The van der Waals surface area contributed by atoms with Gasteiger partial charge in [-0.25, -0.2) is 0 Å². The van der Waals surface area contributed by atoms with Crippen LogP contribution < -0.4 is 5.32 Å². The molecule has 2 rings (SSSR count). The van der Waals surface area contributed by atoms with Crippen molar-refractivity contribution in [3.8, 4) is 0 Å². The largest absolute Gasteiger partial charge is 0.308 e. The minimum Gasteiger partial charge on any atom is -0.308 e. The van der Waals surface area contributed by atoms with E-state index in [4.69, 9.17) is 0 Å². The first-order valence-corrected chi connectivity index (χ1v) is 6.97. The summed E-state index contributed by atoms with van der Waals surface area (Å²) in [7, 11) is 0. The maximum absolute atomic E-state index is 3.72. The summed E-state index contributed by atoms with van der Waals surface area (Å²) in [6.07, 6.45) is 5.29. The normalized spacial score (nSPS) is 25.9. The molecule has 1 atom stereocenters. The summed E-state index contributed by atoms with van der Waals surface area (Å²) >= 11 is 0. The van der Waals surface area contributed by atoms with Crippen molar-refractivity contribution in [3.05, 3.63) is 35.4 Å². The molecule has 0 amide bonds. The van der Waals surface area contributed by atoms with Crippen LogP contribution in [-0.2, 0) is 5.54 Å². The molecule has 0 aromatic heterocycles. The number of rotatable bonds is 2. The summed E-state index contributed by atoms with van der Waals surface area (Å²) in [4.78, 5) is 0. The lowest BCUT2D eigenvalue weighted by atomic mass is 9.86. The molecule has 0 aliphatic carbocycles. The Bertz CT molecular complexity index is 342. The lowest BCUT2D eigenvalue weighted by Crippen LogP contribution is -2.38. The van der Waals surface area contributed by atoms with E-state index >= 15 is 0 Å². The Labute approximate surface area is 106 Å². The van der Waals surface area contributed by atoms with Crippen molar-refractivity contribution in [2.24, 2.45) is 0 Å². The van der Waals surface area contributed by atoms with Crippen LogP contribution in [0.1, 0.15) is 63.5 Å². The third kappa shape index (κ3) is 2.90. The van der Waals surface area contributed by atoms with Gasteiger partial charge < -0.3 is 5.32 Å². The monoisotopic (exact) mass is 231 g/mol. The van der Waals surface area contributed by atoms with E-state index in [0.29, 0.717) is 5.92 Å². The summed E-state index contributed by atoms with van der Waals surface area (Å²) in [5, 5.41) is 3.72. The fraction of sp³-hybridized carbons (Fsp3) is 0.625. The minimum absolute atomic E-state index is 0.187. The van der Waals surface area contributed by atoms with Gasteiger partial charge in [0, 0.05) is 5.54 Å². The van der Waals surface area contributed by atoms with Gasteiger partial charge in [0.1, 0.15) is 0 Å². The second-order valence-electron chi connectivity index (χ2n) is 5.85. The van der Waals surface area contributed by atoms with Crippen molar-refractivity contribution in [3.63, 3.8) is 0 Å². The standard InChI is InChI=1S/C16H25N/c1-13(2)14-7-9-15(10-8-14)16(3)11-5-4-6-12-17-16/h7-10,13,17H,4-6,11-12H2,1-3H3. The molecule has 94 valence electrons. The van der Waals surface area contributed by atoms with Gasteiger partial charge in [-0.1, -0.05) is 51.0 Å². The van der Waals surface area contributed by atoms with Crippen LogP contribution in [0.4, 0.5) is 0 Å². The highest BCUT2D eigenvalue weighted by atomic mass is 15.0. The molecule has 1 unspecified atom stereocenters. The topological polar surface area (TPSA) is 12.0 Å². The van der Waals surface area contributed by atoms with Crippen molar-refractivity contribution in [2.75, 3.05) is 6.54 Å². The zero-order chi connectivity index (χ0) is 12.3. The Morgan fingerprint density at radius 2 is 1.76 bits per heavy atom. The maximum atomic E-state index is 3.72. The highest BCUT2D eigenvalue weighted by Gasteiger charge is 2.26. The second-order valence-corrected chi connectivity index (χ2v) is 5.85. The van der Waals surface area contributed by atoms with E-state index in [1.54, 1.807) is 0 Å². The first kappa shape index (κ1) is 12.6. The Kier molecular flexibility index (Phi) is 3.88. The molecule has 1 heteroatoms. The second kappa shape index (κ2) is 5.22. The molecule has 1 saturated heterocycles. The predicted octanol–water partition coefficient (Wildman–Crippen LogP) is 4.19. The lowest BCUT2D eigenvalue weighted by Gasteiger charge is -2.30. The molecule has 0 spiro atoms. The molecule has 0 radical (unpaired) electrons. The van der Waals surface area contributed by atoms with Gasteiger partial charge in [0.2, 0.25) is 0 Å². The maximum Gasteiger partial charge on any atom is 0.0406 e. The molecule has 1 N–H and O–H groups in total. The molecular formula is C16H25N. The smallest absolute Gasteiger partial charge is 0.0406 e. The summed E-state index contributed by atoms with van der Waals surface area (Å²) in [5.74, 6) is 0.624. The van der Waals surface area contributed by atoms with Crippen LogP contribution >= 0.6 is 0 Å². The molecule has 1 aliphatic rings. The number of benzene rings is 1. The lowest BCUT2D eigenvalue weighted by molar-refractivity contribution is 0.359. The quantitative estimate of drug-likeness (QED) is 0.805. The molecule has 0 saturated carbocycles. The van der Waals surface area contributed by atoms with Gasteiger partial charge in [-0.05, 0) is 43.4 Å². The van der Waals surface area contributed by atoms with Gasteiger partial charge in [-0.2, -0.15) is 0 Å². The Morgan fingerprint density at radius 1 is 1.06 bits per heavy atom. The number of hydrogen-bond acceptors (Lipinski definition) is 1. The van der Waals surface area contributed by atoms with Gasteiger partial charge in [0.25, 0.3) is 0 Å². The van der Waals surface area contributed by atoms with Crippen molar-refractivity contribution >= 4 is 0 Å². The van der Waals surface area contributed by atoms with Gasteiger partial charge in [0.15, 0.2) is 0 Å². The van der Waals surface area contributed by atoms with E-state index in [2.05, 4.69) is 50.4 Å². The van der Waals surface area contributed by atoms with Crippen LogP contribution in [0.5, 0.6) is 0 Å². The number of hydrogen-bond donors (Lipinski definition) is 1. The van der Waals surface area contributed by atoms with Gasteiger partial charge in [-0.15, -0.1) is 0 Å². The van der Waals surface area contributed by atoms with Gasteiger partial charge >= 0.3 is 0 Å². The van der Waals surface area contributed by atoms with E-state index in [0.717, 1.165) is 6.54 Å². The number of nitrogens with one attached hydrogen (secondary N) is 1. The Balaban J connectivity index is 2.19. The third-order valence-electron chi connectivity index (χ3n) is 4.08. The molecular weight excluding hydrogens is 206 g/mol. The predicted molar refractivity (Wildman–Crippen MR) is 74.4 cm³/mol. The average Bonchev–Trinajstić information content (AvgIpc) is 2.55. The molecule has 17 heavy (non-hydrogen) atoms. The van der Waals surface area contributed by atoms with E-state index in [1.165, 1.54) is 36.8 Å². The Hall–Kier alpha value is -0.820. The summed E-state index contributed by atoms with van der Waals surface area (Å²) < 4.78 is 0. The van der Waals surface area contributed by atoms with Crippen molar-refractivity contribution in [1.82, 2.24) is 5.32 Å². The summed E-state index contributed by atoms with van der Waals surface area (Å²) in [6, 6.07) is 9.21. The van der Waals surface area contributed by atoms with Gasteiger partial charge in [0.05, 0.1) is 0 Å². The zero-order valence-corrected chi connectivity index (χ0v) is 11.4. The minimum atomic E-state index is 0.187. The molecule has 1 nitrogen and oxygen atoms in total. The molecule has 1 aromatic rings. The molecule has 1 aliphatic heterocycles. The van der Waals surface area contributed by atoms with Crippen LogP contribution in [0.25, 0.3) is 0 Å². The summed E-state index contributed by atoms with van der Waals surface area (Å²) in [6.45, 7) is 8.01. The van der Waals surface area contributed by atoms with E-state index < -0.39 is 0 Å². The van der Waals surface area contributed by atoms with Crippen LogP contribution in [0.3, 0.4) is 0 Å². The van der Waals surface area contributed by atoms with Crippen LogP contribution in [-0.4, -0.2) is 6.54 Å². The molecule has 1 aromatic carbocycles. The highest BCUT2D eigenvalue weighted by Crippen LogP contribution is 2.30. The first-order chi connectivity index (χ1) is 8.12. The SMILES string of the molecule is CC(C)c1ccc(C2(C)CCCCCN2)cc1. The fourth-order valence-electron chi connectivity index (χ4n) is 2.72. The fourth-order valence-corrected chi connectivity index (χ4v) is 2.72. The third-order valence-corrected chi connectivity index (χ3v) is 4.08. The first-order valence-electron chi connectivity index (χ1n) is 6.97. The van der Waals surface area contributed by atoms with Crippen molar-refractivity contribution in [2.45, 2.75) is 57.9 Å².